The second-order valence-electron chi connectivity index (χ2n) is 7.20. The van der Waals surface area contributed by atoms with Crippen LogP contribution >= 0.6 is 0 Å². The lowest BCUT2D eigenvalue weighted by Crippen LogP contribution is -2.49. The molecule has 1 heterocycles. The smallest absolute Gasteiger partial charge is 0.260 e. The van der Waals surface area contributed by atoms with Gasteiger partial charge in [-0.15, -0.1) is 0 Å². The number of ether oxygens (including phenoxy) is 1. The molecule has 2 N–H and O–H groups in total. The van der Waals surface area contributed by atoms with Gasteiger partial charge in [0.15, 0.2) is 6.10 Å². The highest BCUT2D eigenvalue weighted by atomic mass is 16.5. The van der Waals surface area contributed by atoms with Crippen LogP contribution < -0.4 is 10.1 Å². The van der Waals surface area contributed by atoms with Crippen molar-refractivity contribution in [2.24, 2.45) is 0 Å². The summed E-state index contributed by atoms with van der Waals surface area (Å²) in [6.45, 7) is 4.92. The van der Waals surface area contributed by atoms with E-state index >= 15 is 0 Å². The van der Waals surface area contributed by atoms with Crippen molar-refractivity contribution >= 4 is 11.8 Å². The molecule has 0 bridgehead atoms. The zero-order valence-corrected chi connectivity index (χ0v) is 16.2. The van der Waals surface area contributed by atoms with Crippen LogP contribution in [0.5, 0.6) is 11.5 Å². The zero-order chi connectivity index (χ0) is 20.1. The van der Waals surface area contributed by atoms with E-state index in [2.05, 4.69) is 5.32 Å². The summed E-state index contributed by atoms with van der Waals surface area (Å²) in [5.41, 5.74) is 1.82. The third kappa shape index (κ3) is 5.03. The molecule has 1 fully saturated rings. The topological polar surface area (TPSA) is 78.9 Å². The molecule has 1 atom stereocenters. The maximum atomic E-state index is 12.6. The number of amides is 2. The van der Waals surface area contributed by atoms with E-state index in [1.165, 1.54) is 12.1 Å². The number of nitrogens with zero attached hydrogens (tertiary/aromatic N) is 1. The van der Waals surface area contributed by atoms with Crippen molar-refractivity contribution in [2.45, 2.75) is 38.8 Å². The van der Waals surface area contributed by atoms with E-state index in [1.54, 1.807) is 19.1 Å². The van der Waals surface area contributed by atoms with Crippen molar-refractivity contribution < 1.29 is 19.4 Å². The number of benzene rings is 2. The van der Waals surface area contributed by atoms with Crippen LogP contribution in [-0.2, 0) is 4.79 Å². The van der Waals surface area contributed by atoms with Crippen LogP contribution in [0.3, 0.4) is 0 Å². The minimum absolute atomic E-state index is 0.0282. The molecule has 0 saturated carbocycles. The van der Waals surface area contributed by atoms with Crippen LogP contribution in [-0.4, -0.2) is 47.1 Å². The van der Waals surface area contributed by atoms with Gasteiger partial charge in [-0.1, -0.05) is 17.7 Å². The van der Waals surface area contributed by atoms with Crippen LogP contribution in [0, 0.1) is 6.92 Å². The average molecular weight is 382 g/mol. The van der Waals surface area contributed by atoms with Gasteiger partial charge in [-0.2, -0.15) is 0 Å². The Morgan fingerprint density at radius 3 is 2.29 bits per heavy atom. The fourth-order valence-electron chi connectivity index (χ4n) is 3.21. The molecule has 0 spiro atoms. The third-order valence-corrected chi connectivity index (χ3v) is 4.95. The largest absolute Gasteiger partial charge is 0.508 e. The number of nitrogens with one attached hydrogen (secondary N) is 1. The minimum Gasteiger partial charge on any atom is -0.508 e. The van der Waals surface area contributed by atoms with Crippen LogP contribution in [0.15, 0.2) is 48.5 Å². The van der Waals surface area contributed by atoms with Gasteiger partial charge < -0.3 is 20.1 Å². The van der Waals surface area contributed by atoms with E-state index in [9.17, 15) is 14.7 Å². The fraction of sp³-hybridized carbons (Fsp3) is 0.364. The number of carbonyl (C=O) groups is 2. The maximum Gasteiger partial charge on any atom is 0.260 e. The second-order valence-corrected chi connectivity index (χ2v) is 7.20. The zero-order valence-electron chi connectivity index (χ0n) is 16.2. The summed E-state index contributed by atoms with van der Waals surface area (Å²) in [6, 6.07) is 13.9. The lowest BCUT2D eigenvalue weighted by Gasteiger charge is -2.33. The Balaban J connectivity index is 1.46. The average Bonchev–Trinajstić information content (AvgIpc) is 2.70. The van der Waals surface area contributed by atoms with Crippen molar-refractivity contribution in [2.75, 3.05) is 13.1 Å². The summed E-state index contributed by atoms with van der Waals surface area (Å²) in [6.07, 6.45) is 0.793. The molecule has 2 aromatic carbocycles. The number of piperidine rings is 1. The van der Waals surface area contributed by atoms with E-state index in [0.29, 0.717) is 24.4 Å². The van der Waals surface area contributed by atoms with Gasteiger partial charge in [-0.25, -0.2) is 0 Å². The maximum absolute atomic E-state index is 12.6. The summed E-state index contributed by atoms with van der Waals surface area (Å²) in [4.78, 5) is 26.8. The van der Waals surface area contributed by atoms with Crippen LogP contribution in [0.1, 0.15) is 35.7 Å². The molecule has 3 rings (SSSR count). The second kappa shape index (κ2) is 8.78. The molecule has 0 aliphatic carbocycles. The molecule has 6 nitrogen and oxygen atoms in total. The number of phenolic OH excluding ortho intramolecular Hbond substituents is 1. The molecule has 6 heteroatoms. The first kappa shape index (κ1) is 19.7. The molecule has 0 aromatic heterocycles. The van der Waals surface area contributed by atoms with Crippen molar-refractivity contribution in [1.82, 2.24) is 10.2 Å². The van der Waals surface area contributed by atoms with Gasteiger partial charge in [0.1, 0.15) is 11.5 Å². The summed E-state index contributed by atoms with van der Waals surface area (Å²) in [5.74, 6) is 0.528. The van der Waals surface area contributed by atoms with Crippen LogP contribution in [0.25, 0.3) is 0 Å². The van der Waals surface area contributed by atoms with Gasteiger partial charge in [0, 0.05) is 24.7 Å². The van der Waals surface area contributed by atoms with Gasteiger partial charge in [-0.3, -0.25) is 9.59 Å². The van der Waals surface area contributed by atoms with Gasteiger partial charge >= 0.3 is 0 Å². The predicted molar refractivity (Wildman–Crippen MR) is 106 cm³/mol. The Morgan fingerprint density at radius 2 is 1.68 bits per heavy atom. The molecule has 1 unspecified atom stereocenters. The summed E-state index contributed by atoms with van der Waals surface area (Å²) in [5, 5.41) is 12.3. The molecule has 2 aromatic rings. The van der Waals surface area contributed by atoms with Crippen molar-refractivity contribution in [1.29, 1.82) is 0 Å². The third-order valence-electron chi connectivity index (χ3n) is 4.95. The molecular weight excluding hydrogens is 356 g/mol. The van der Waals surface area contributed by atoms with E-state index in [-0.39, 0.29) is 23.6 Å². The highest BCUT2D eigenvalue weighted by Gasteiger charge is 2.26. The number of carbonyl (C=O) groups excluding carboxylic acids is 2. The quantitative estimate of drug-likeness (QED) is 0.833. The van der Waals surface area contributed by atoms with Crippen LogP contribution in [0.2, 0.25) is 0 Å². The van der Waals surface area contributed by atoms with Crippen LogP contribution in [0.4, 0.5) is 0 Å². The number of rotatable bonds is 5. The number of aryl methyl sites for hydroxylation is 1. The lowest BCUT2D eigenvalue weighted by molar-refractivity contribution is -0.128. The highest BCUT2D eigenvalue weighted by molar-refractivity contribution is 5.94. The van der Waals surface area contributed by atoms with Crippen molar-refractivity contribution in [3.05, 3.63) is 59.7 Å². The molecule has 1 aliphatic rings. The van der Waals surface area contributed by atoms with Crippen molar-refractivity contribution in [3.63, 3.8) is 0 Å². The minimum atomic E-state index is -0.642. The van der Waals surface area contributed by atoms with E-state index in [4.69, 9.17) is 4.74 Å². The Morgan fingerprint density at radius 1 is 1.07 bits per heavy atom. The Labute approximate surface area is 165 Å². The first-order valence-electron chi connectivity index (χ1n) is 9.54. The number of likely N-dealkylation sites (tertiary alicyclic amines) is 1. The first-order chi connectivity index (χ1) is 13.4. The Hall–Kier alpha value is -3.02. The molecule has 148 valence electrons. The van der Waals surface area contributed by atoms with Gasteiger partial charge in [0.2, 0.25) is 0 Å². The number of hydrogen-bond acceptors (Lipinski definition) is 4. The summed E-state index contributed by atoms with van der Waals surface area (Å²) < 4.78 is 5.61. The summed E-state index contributed by atoms with van der Waals surface area (Å²) >= 11 is 0. The van der Waals surface area contributed by atoms with Crippen molar-refractivity contribution in [3.8, 4) is 11.5 Å². The predicted octanol–water partition coefficient (Wildman–Crippen LogP) is 2.89. The lowest BCUT2D eigenvalue weighted by atomic mass is 10.0. The number of hydrogen-bond donors (Lipinski definition) is 2. The molecule has 2 amide bonds. The normalized spacial score (nSPS) is 15.7. The Bertz CT molecular complexity index is 809. The molecule has 0 radical (unpaired) electrons. The van der Waals surface area contributed by atoms with Gasteiger partial charge in [0.25, 0.3) is 11.8 Å². The van der Waals surface area contributed by atoms with E-state index in [0.717, 1.165) is 18.4 Å². The Kier molecular flexibility index (Phi) is 6.19. The highest BCUT2D eigenvalue weighted by Crippen LogP contribution is 2.18. The molecule has 1 saturated heterocycles. The fourth-order valence-corrected chi connectivity index (χ4v) is 3.21. The standard InChI is InChI=1S/C22H26N2O4/c1-15-3-5-17(6-4-15)22(27)24-13-11-18(12-14-24)23-21(26)16(2)28-20-9-7-19(25)8-10-20/h3-10,16,18,25H,11-14H2,1-2H3,(H,23,26). The van der Waals surface area contributed by atoms with E-state index in [1.807, 2.05) is 36.1 Å². The SMILES string of the molecule is Cc1ccc(C(=O)N2CCC(NC(=O)C(C)Oc3ccc(O)cc3)CC2)cc1. The molecule has 1 aliphatic heterocycles. The monoisotopic (exact) mass is 382 g/mol. The van der Waals surface area contributed by atoms with Gasteiger partial charge in [-0.05, 0) is 63.1 Å². The first-order valence-corrected chi connectivity index (χ1v) is 9.54. The summed E-state index contributed by atoms with van der Waals surface area (Å²) in [7, 11) is 0. The molecule has 28 heavy (non-hydrogen) atoms. The van der Waals surface area contributed by atoms with E-state index < -0.39 is 6.10 Å². The van der Waals surface area contributed by atoms with Gasteiger partial charge in [0.05, 0.1) is 0 Å². The number of phenols is 1. The number of aromatic hydroxyl groups is 1. The molecular formula is C22H26N2O4.